The zero-order valence-corrected chi connectivity index (χ0v) is 24.1. The van der Waals surface area contributed by atoms with E-state index >= 15 is 0 Å². The van der Waals surface area contributed by atoms with Crippen molar-refractivity contribution in [3.63, 3.8) is 0 Å². The molecule has 0 bridgehead atoms. The molecule has 1 aliphatic rings. The number of alkyl halides is 1. The Labute approximate surface area is 242 Å². The fourth-order valence-corrected chi connectivity index (χ4v) is 5.33. The molecule has 1 aliphatic heterocycles. The molecule has 212 valence electrons. The van der Waals surface area contributed by atoms with Crippen LogP contribution in [0.25, 0.3) is 22.0 Å². The molecule has 41 heavy (non-hydrogen) atoms. The van der Waals surface area contributed by atoms with E-state index in [9.17, 15) is 23.9 Å². The lowest BCUT2D eigenvalue weighted by atomic mass is 10.0. The van der Waals surface area contributed by atoms with Gasteiger partial charge in [0.15, 0.2) is 11.6 Å². The van der Waals surface area contributed by atoms with E-state index in [0.717, 1.165) is 11.1 Å². The van der Waals surface area contributed by atoms with Crippen LogP contribution in [0.3, 0.4) is 0 Å². The maximum absolute atomic E-state index is 14.5. The highest BCUT2D eigenvalue weighted by Crippen LogP contribution is 2.30. The van der Waals surface area contributed by atoms with Crippen LogP contribution in [0.15, 0.2) is 47.3 Å². The second-order valence-electron chi connectivity index (χ2n) is 9.99. The third kappa shape index (κ3) is 5.86. The molecule has 1 fully saturated rings. The number of aryl methyl sites for hydroxylation is 1. The van der Waals surface area contributed by atoms with Gasteiger partial charge in [-0.1, -0.05) is 6.07 Å². The summed E-state index contributed by atoms with van der Waals surface area (Å²) in [7, 11) is 0. The predicted molar refractivity (Wildman–Crippen MR) is 152 cm³/mol. The Morgan fingerprint density at radius 3 is 2.59 bits per heavy atom. The van der Waals surface area contributed by atoms with Crippen molar-refractivity contribution in [2.24, 2.45) is 0 Å². The van der Waals surface area contributed by atoms with E-state index in [0.29, 0.717) is 26.9 Å². The first kappa shape index (κ1) is 28.4. The van der Waals surface area contributed by atoms with Crippen molar-refractivity contribution in [2.45, 2.75) is 52.1 Å². The fourth-order valence-electron chi connectivity index (χ4n) is 4.99. The van der Waals surface area contributed by atoms with Crippen molar-refractivity contribution in [2.75, 3.05) is 11.9 Å². The van der Waals surface area contributed by atoms with Gasteiger partial charge < -0.3 is 15.3 Å². The summed E-state index contributed by atoms with van der Waals surface area (Å²) >= 11 is 3.24. The third-order valence-electron chi connectivity index (χ3n) is 6.87. The molecule has 2 N–H and O–H groups in total. The van der Waals surface area contributed by atoms with Gasteiger partial charge in [-0.05, 0) is 65.2 Å². The molecule has 1 unspecified atom stereocenters. The topological polar surface area (TPSA) is 143 Å². The average Bonchev–Trinajstić information content (AvgIpc) is 3.50. The Hall–Kier alpha value is -4.10. The number of likely N-dealkylation sites (tertiary alicyclic amines) is 1. The maximum Gasteiger partial charge on any atom is 0.248 e. The first-order valence-electron chi connectivity index (χ1n) is 12.9. The number of pyridine rings is 1. The smallest absolute Gasteiger partial charge is 0.248 e. The van der Waals surface area contributed by atoms with Crippen LogP contribution in [0.1, 0.15) is 48.2 Å². The Morgan fingerprint density at radius 1 is 1.20 bits per heavy atom. The number of hydrogen-bond acceptors (Lipinski definition) is 8. The Morgan fingerprint density at radius 2 is 1.93 bits per heavy atom. The highest BCUT2D eigenvalue weighted by atomic mass is 79.9. The van der Waals surface area contributed by atoms with E-state index in [4.69, 9.17) is 0 Å². The molecular formula is C28H27BrFN7O4. The van der Waals surface area contributed by atoms with Crippen molar-refractivity contribution in [3.8, 4) is 11.1 Å². The highest BCUT2D eigenvalue weighted by molar-refractivity contribution is 9.10. The van der Waals surface area contributed by atoms with Gasteiger partial charge in [-0.15, -0.1) is 0 Å². The van der Waals surface area contributed by atoms with Crippen molar-refractivity contribution >= 4 is 50.2 Å². The summed E-state index contributed by atoms with van der Waals surface area (Å²) in [5, 5.41) is 17.3. The lowest BCUT2D eigenvalue weighted by Gasteiger charge is -2.23. The summed E-state index contributed by atoms with van der Waals surface area (Å²) in [6.07, 6.45) is 0.875. The number of rotatable bonds is 7. The number of hydrogen-bond donors (Lipinski definition) is 2. The molecule has 4 aromatic rings. The number of nitrogens with zero attached hydrogens (tertiary/aromatic N) is 6. The van der Waals surface area contributed by atoms with Gasteiger partial charge in [0.1, 0.15) is 41.0 Å². The summed E-state index contributed by atoms with van der Waals surface area (Å²) in [4.78, 5) is 52.8. The second kappa shape index (κ2) is 11.4. The number of nitrogens with one attached hydrogen (secondary N) is 1. The number of aliphatic hydroxyl groups excluding tert-OH is 1. The van der Waals surface area contributed by atoms with Crippen LogP contribution in [-0.2, 0) is 16.1 Å². The Bertz CT molecular complexity index is 1660. The van der Waals surface area contributed by atoms with Crippen LogP contribution in [-0.4, -0.2) is 71.1 Å². The molecule has 11 nitrogen and oxygen atoms in total. The summed E-state index contributed by atoms with van der Waals surface area (Å²) in [5.41, 5.74) is 2.91. The van der Waals surface area contributed by atoms with Crippen LogP contribution in [0.2, 0.25) is 0 Å². The van der Waals surface area contributed by atoms with Crippen LogP contribution in [0.4, 0.5) is 10.2 Å². The molecule has 1 aromatic carbocycles. The number of amides is 2. The van der Waals surface area contributed by atoms with Crippen molar-refractivity contribution < 1.29 is 23.9 Å². The number of Topliss-reactive ketones (excluding diaryl/α,β-unsaturated/α-hetero) is 1. The monoisotopic (exact) mass is 623 g/mol. The average molecular weight is 624 g/mol. The molecule has 0 radical (unpaired) electrons. The lowest BCUT2D eigenvalue weighted by molar-refractivity contribution is -0.137. The maximum atomic E-state index is 14.5. The largest absolute Gasteiger partial charge is 0.385 e. The molecule has 3 aromatic heterocycles. The fraction of sp³-hybridized carbons (Fsp3) is 0.321. The van der Waals surface area contributed by atoms with Gasteiger partial charge in [-0.2, -0.15) is 5.10 Å². The number of carbonyl (C=O) groups excluding carboxylic acids is 3. The van der Waals surface area contributed by atoms with Gasteiger partial charge in [0.2, 0.25) is 11.8 Å². The van der Waals surface area contributed by atoms with Gasteiger partial charge in [0.05, 0.1) is 12.1 Å². The van der Waals surface area contributed by atoms with Gasteiger partial charge in [0.25, 0.3) is 0 Å². The molecular weight excluding hydrogens is 597 g/mol. The number of fused-ring (bicyclic) bond motifs is 1. The number of aromatic nitrogens is 5. The standard InChI is InChI=1S/C28H27BrFN7O4/c1-14-7-17(18-10-31-27(16(3)39)32-11-18)8-20-25(15(2)38)35-37(26(14)20)13-24(40)36-12-19(30)9-21(36)28(41)34-23-6-4-5-22(29)33-23/h4-8,10-11,16,19,21,39H,9,12-13H2,1-3H3,(H,33,34,41)/t16?,19-,21+/m1/s1. The van der Waals surface area contributed by atoms with Crippen LogP contribution < -0.4 is 5.32 Å². The number of carbonyl (C=O) groups is 3. The zero-order valence-electron chi connectivity index (χ0n) is 22.5. The lowest BCUT2D eigenvalue weighted by Crippen LogP contribution is -2.44. The summed E-state index contributed by atoms with van der Waals surface area (Å²) < 4.78 is 16.4. The van der Waals surface area contributed by atoms with E-state index in [1.54, 1.807) is 43.6 Å². The summed E-state index contributed by atoms with van der Waals surface area (Å²) in [5.74, 6) is -0.761. The molecule has 4 heterocycles. The number of halogens is 2. The van der Waals surface area contributed by atoms with E-state index in [1.165, 1.54) is 16.5 Å². The second-order valence-corrected chi connectivity index (χ2v) is 10.8. The highest BCUT2D eigenvalue weighted by Gasteiger charge is 2.40. The number of aliphatic hydroxyl groups is 1. The minimum Gasteiger partial charge on any atom is -0.385 e. The van der Waals surface area contributed by atoms with Crippen molar-refractivity contribution in [1.29, 1.82) is 0 Å². The number of anilines is 1. The number of benzene rings is 1. The molecule has 5 rings (SSSR count). The Balaban J connectivity index is 1.44. The van der Waals surface area contributed by atoms with Crippen molar-refractivity contribution in [1.82, 2.24) is 29.6 Å². The van der Waals surface area contributed by atoms with Crippen LogP contribution >= 0.6 is 15.9 Å². The zero-order chi connectivity index (χ0) is 29.4. The van der Waals surface area contributed by atoms with Gasteiger partial charge >= 0.3 is 0 Å². The SMILES string of the molecule is CC(=O)c1nn(CC(=O)N2C[C@H](F)C[C@H]2C(=O)Nc2cccc(Br)n2)c2c(C)cc(-c3cnc(C(C)O)nc3)cc12. The molecule has 2 amide bonds. The molecule has 0 spiro atoms. The summed E-state index contributed by atoms with van der Waals surface area (Å²) in [6.45, 7) is 4.28. The van der Waals surface area contributed by atoms with E-state index in [-0.39, 0.29) is 36.8 Å². The molecule has 13 heteroatoms. The van der Waals surface area contributed by atoms with E-state index in [2.05, 4.69) is 41.3 Å². The first-order chi connectivity index (χ1) is 19.5. The van der Waals surface area contributed by atoms with Crippen LogP contribution in [0.5, 0.6) is 0 Å². The minimum atomic E-state index is -1.36. The molecule has 1 saturated heterocycles. The third-order valence-corrected chi connectivity index (χ3v) is 7.31. The molecule has 0 saturated carbocycles. The normalized spacial score (nSPS) is 17.6. The molecule has 3 atom stereocenters. The number of ketones is 1. The first-order valence-corrected chi connectivity index (χ1v) is 13.7. The minimum absolute atomic E-state index is 0.136. The van der Waals surface area contributed by atoms with Gasteiger partial charge in [0, 0.05) is 36.7 Å². The van der Waals surface area contributed by atoms with Crippen molar-refractivity contribution in [3.05, 3.63) is 64.4 Å². The molecule has 0 aliphatic carbocycles. The van der Waals surface area contributed by atoms with Gasteiger partial charge in [-0.3, -0.25) is 19.1 Å². The van der Waals surface area contributed by atoms with E-state index < -0.39 is 30.1 Å². The van der Waals surface area contributed by atoms with E-state index in [1.807, 2.05) is 13.0 Å². The van der Waals surface area contributed by atoms with Gasteiger partial charge in [-0.25, -0.2) is 19.3 Å². The summed E-state index contributed by atoms with van der Waals surface area (Å²) in [6, 6.07) is 7.62. The Kier molecular flexibility index (Phi) is 7.91. The quantitative estimate of drug-likeness (QED) is 0.234. The van der Waals surface area contributed by atoms with Crippen LogP contribution in [0, 0.1) is 6.92 Å². The predicted octanol–water partition coefficient (Wildman–Crippen LogP) is 3.79.